The Labute approximate surface area is 172 Å². The van der Waals surface area contributed by atoms with Crippen LogP contribution in [-0.4, -0.2) is 19.9 Å². The van der Waals surface area contributed by atoms with Crippen molar-refractivity contribution < 1.29 is 4.94 Å². The largest absolute Gasteiger partial charge is 0.246 e. The first-order valence-electron chi connectivity index (χ1n) is 10.2. The van der Waals surface area contributed by atoms with Gasteiger partial charge >= 0.3 is 0 Å². The number of hydrogen-bond donors (Lipinski definition) is 0. The molecular weight excluding hydrogens is 360 g/mol. The zero-order chi connectivity index (χ0) is 21.4. The molecule has 0 aliphatic carbocycles. The third-order valence-electron chi connectivity index (χ3n) is 7.05. The van der Waals surface area contributed by atoms with Crippen LogP contribution in [0.4, 0.5) is 0 Å². The Kier molecular flexibility index (Phi) is 4.26. The van der Waals surface area contributed by atoms with Gasteiger partial charge in [-0.25, -0.2) is 4.94 Å². The van der Waals surface area contributed by atoms with Crippen LogP contribution in [0.1, 0.15) is 55.9 Å². The average molecular weight is 391 g/mol. The summed E-state index contributed by atoms with van der Waals surface area (Å²) in [6.07, 6.45) is 0. The smallest absolute Gasteiger partial charge is 0.117 e. The fraction of sp³-hybridized carbons (Fsp3) is 0.417. The quantitative estimate of drug-likeness (QED) is 0.463. The second-order valence-electron chi connectivity index (χ2n) is 8.45. The molecule has 0 aliphatic rings. The highest BCUT2D eigenvalue weighted by Crippen LogP contribution is 2.33. The van der Waals surface area contributed by atoms with Crippen molar-refractivity contribution in [3.05, 3.63) is 55.9 Å². The van der Waals surface area contributed by atoms with Gasteiger partial charge in [0.05, 0.1) is 11.4 Å². The molecule has 2 aromatic heterocycles. The summed E-state index contributed by atoms with van der Waals surface area (Å²) in [5, 5.41) is 11.8. The first-order chi connectivity index (χ1) is 13.6. The standard InChI is InChI=1S/C24H30N4O/c1-11-13(3)17(7)23-21(15(11)5)19(9)25-27(23)29-28-24-18(8)14(4)12(2)16(6)22(24)20(10)26-28/h1-10H3. The lowest BCUT2D eigenvalue weighted by Gasteiger charge is -2.14. The van der Waals surface area contributed by atoms with E-state index in [0.717, 1.165) is 22.4 Å². The molecule has 0 saturated carbocycles. The van der Waals surface area contributed by atoms with E-state index in [1.807, 2.05) is 13.8 Å². The lowest BCUT2D eigenvalue weighted by atomic mass is 9.94. The van der Waals surface area contributed by atoms with Crippen molar-refractivity contribution in [3.63, 3.8) is 0 Å². The summed E-state index contributed by atoms with van der Waals surface area (Å²) >= 11 is 0. The third kappa shape index (κ3) is 2.53. The summed E-state index contributed by atoms with van der Waals surface area (Å²) in [7, 11) is 0. The molecule has 0 atom stereocenters. The minimum atomic E-state index is 0.969. The number of nitrogens with zero attached hydrogens (tertiary/aromatic N) is 4. The molecule has 0 radical (unpaired) electrons. The van der Waals surface area contributed by atoms with Crippen molar-refractivity contribution in [1.29, 1.82) is 0 Å². The highest BCUT2D eigenvalue weighted by molar-refractivity contribution is 5.91. The highest BCUT2D eigenvalue weighted by atomic mass is 16.8. The first-order valence-corrected chi connectivity index (χ1v) is 10.2. The van der Waals surface area contributed by atoms with Crippen molar-refractivity contribution in [2.45, 2.75) is 69.2 Å². The van der Waals surface area contributed by atoms with Crippen LogP contribution in [0.5, 0.6) is 0 Å². The molecule has 0 spiro atoms. The Morgan fingerprint density at radius 2 is 0.759 bits per heavy atom. The van der Waals surface area contributed by atoms with Crippen LogP contribution in [0.2, 0.25) is 0 Å². The van der Waals surface area contributed by atoms with Crippen molar-refractivity contribution in [3.8, 4) is 0 Å². The molecular formula is C24H30N4O. The van der Waals surface area contributed by atoms with Gasteiger partial charge in [0.15, 0.2) is 0 Å². The molecule has 0 N–H and O–H groups in total. The maximum atomic E-state index is 6.32. The van der Waals surface area contributed by atoms with Crippen LogP contribution < -0.4 is 4.94 Å². The van der Waals surface area contributed by atoms with Crippen LogP contribution in [-0.2, 0) is 0 Å². The summed E-state index contributed by atoms with van der Waals surface area (Å²) in [5.74, 6) is 0. The number of aryl methyl sites for hydroxylation is 6. The van der Waals surface area contributed by atoms with Crippen LogP contribution >= 0.6 is 0 Å². The maximum Gasteiger partial charge on any atom is 0.117 e. The molecule has 0 bridgehead atoms. The van der Waals surface area contributed by atoms with Gasteiger partial charge in [-0.3, -0.25) is 0 Å². The van der Waals surface area contributed by atoms with Gasteiger partial charge in [-0.15, -0.1) is 10.2 Å². The average Bonchev–Trinajstić information content (AvgIpc) is 3.17. The van der Waals surface area contributed by atoms with E-state index >= 15 is 0 Å². The number of rotatable bonds is 2. The van der Waals surface area contributed by atoms with E-state index in [1.165, 1.54) is 55.3 Å². The zero-order valence-corrected chi connectivity index (χ0v) is 19.2. The molecule has 0 amide bonds. The second kappa shape index (κ2) is 6.34. The summed E-state index contributed by atoms with van der Waals surface area (Å²) in [5.41, 5.74) is 14.1. The molecule has 2 aromatic carbocycles. The SMILES string of the molecule is Cc1c(C)c(C)c2c(c(C)nn2On2nc(C)c3c(C)c(C)c(C)c(C)c32)c1C. The number of fused-ring (bicyclic) bond motifs is 2. The lowest BCUT2D eigenvalue weighted by Crippen LogP contribution is -2.21. The number of hydrogen-bond acceptors (Lipinski definition) is 3. The molecule has 5 nitrogen and oxygen atoms in total. The summed E-state index contributed by atoms with van der Waals surface area (Å²) < 4.78 is 0. The van der Waals surface area contributed by atoms with Gasteiger partial charge in [-0.05, 0) is 114 Å². The molecule has 152 valence electrons. The van der Waals surface area contributed by atoms with E-state index in [0.29, 0.717) is 0 Å². The normalized spacial score (nSPS) is 11.8. The van der Waals surface area contributed by atoms with Gasteiger partial charge in [0, 0.05) is 10.8 Å². The molecule has 0 fully saturated rings. The predicted octanol–water partition coefficient (Wildman–Crippen LogP) is 5.36. The predicted molar refractivity (Wildman–Crippen MR) is 119 cm³/mol. The zero-order valence-electron chi connectivity index (χ0n) is 19.2. The topological polar surface area (TPSA) is 44.9 Å². The Morgan fingerprint density at radius 3 is 1.10 bits per heavy atom. The highest BCUT2D eigenvalue weighted by Gasteiger charge is 2.21. The summed E-state index contributed by atoms with van der Waals surface area (Å²) in [6, 6.07) is 0. The second-order valence-corrected chi connectivity index (χ2v) is 8.45. The molecule has 0 unspecified atom stereocenters. The van der Waals surface area contributed by atoms with E-state index in [4.69, 9.17) is 15.1 Å². The molecule has 4 rings (SSSR count). The Morgan fingerprint density at radius 1 is 0.448 bits per heavy atom. The van der Waals surface area contributed by atoms with Crippen LogP contribution in [0.15, 0.2) is 0 Å². The van der Waals surface area contributed by atoms with Gasteiger partial charge in [0.1, 0.15) is 11.0 Å². The minimum Gasteiger partial charge on any atom is -0.246 e. The van der Waals surface area contributed by atoms with E-state index in [9.17, 15) is 0 Å². The monoisotopic (exact) mass is 390 g/mol. The molecule has 5 heteroatoms. The van der Waals surface area contributed by atoms with Gasteiger partial charge in [0.2, 0.25) is 0 Å². The number of benzene rings is 2. The van der Waals surface area contributed by atoms with Crippen LogP contribution in [0.3, 0.4) is 0 Å². The van der Waals surface area contributed by atoms with Crippen molar-refractivity contribution >= 4 is 21.8 Å². The van der Waals surface area contributed by atoms with E-state index in [1.54, 1.807) is 9.69 Å². The third-order valence-corrected chi connectivity index (χ3v) is 7.05. The molecule has 29 heavy (non-hydrogen) atoms. The Balaban J connectivity index is 2.02. The van der Waals surface area contributed by atoms with Crippen LogP contribution in [0.25, 0.3) is 21.8 Å². The fourth-order valence-corrected chi connectivity index (χ4v) is 4.61. The van der Waals surface area contributed by atoms with Crippen molar-refractivity contribution in [1.82, 2.24) is 19.9 Å². The number of aromatic nitrogens is 4. The molecule has 4 aromatic rings. The minimum absolute atomic E-state index is 0.969. The summed E-state index contributed by atoms with van der Waals surface area (Å²) in [6.45, 7) is 21.4. The van der Waals surface area contributed by atoms with Gasteiger partial charge in [-0.1, -0.05) is 9.69 Å². The Bertz CT molecular complexity index is 1220. The van der Waals surface area contributed by atoms with Crippen molar-refractivity contribution in [2.75, 3.05) is 0 Å². The van der Waals surface area contributed by atoms with E-state index < -0.39 is 0 Å². The molecule has 0 aliphatic heterocycles. The van der Waals surface area contributed by atoms with Crippen molar-refractivity contribution in [2.24, 2.45) is 0 Å². The van der Waals surface area contributed by atoms with E-state index in [2.05, 4.69) is 55.4 Å². The van der Waals surface area contributed by atoms with Gasteiger partial charge < -0.3 is 0 Å². The fourth-order valence-electron chi connectivity index (χ4n) is 4.61. The van der Waals surface area contributed by atoms with Gasteiger partial charge in [-0.2, -0.15) is 0 Å². The maximum absolute atomic E-state index is 6.32. The van der Waals surface area contributed by atoms with E-state index in [-0.39, 0.29) is 0 Å². The van der Waals surface area contributed by atoms with Crippen LogP contribution in [0, 0.1) is 69.2 Å². The summed E-state index contributed by atoms with van der Waals surface area (Å²) in [4.78, 5) is 9.62. The lowest BCUT2D eigenvalue weighted by molar-refractivity contribution is 0.00497. The Hall–Kier alpha value is -2.82. The first kappa shape index (κ1) is 19.5. The molecule has 0 saturated heterocycles. The van der Waals surface area contributed by atoms with Gasteiger partial charge in [0.25, 0.3) is 0 Å². The molecule has 2 heterocycles.